The third-order valence-electron chi connectivity index (χ3n) is 3.58. The number of hydrogen-bond acceptors (Lipinski definition) is 3. The minimum absolute atomic E-state index is 0.0231. The predicted molar refractivity (Wildman–Crippen MR) is 77.9 cm³/mol. The SMILES string of the molecule is CC1CC(OC(=O)c2ccc(Br)nc2)CC(C)(C)C1. The van der Waals surface area contributed by atoms with Gasteiger partial charge >= 0.3 is 5.97 Å². The first-order valence-corrected chi connectivity index (χ1v) is 7.47. The lowest BCUT2D eigenvalue weighted by molar-refractivity contribution is -0.00718. The molecule has 3 nitrogen and oxygen atoms in total. The minimum atomic E-state index is -0.269. The third kappa shape index (κ3) is 4.03. The van der Waals surface area contributed by atoms with E-state index >= 15 is 0 Å². The summed E-state index contributed by atoms with van der Waals surface area (Å²) in [4.78, 5) is 16.1. The monoisotopic (exact) mass is 325 g/mol. The predicted octanol–water partition coefficient (Wildman–Crippen LogP) is 4.22. The Kier molecular flexibility index (Phi) is 4.29. The zero-order valence-corrected chi connectivity index (χ0v) is 13.2. The number of rotatable bonds is 2. The molecule has 0 spiro atoms. The molecule has 0 N–H and O–H groups in total. The lowest BCUT2D eigenvalue weighted by Gasteiger charge is -2.38. The summed E-state index contributed by atoms with van der Waals surface area (Å²) >= 11 is 3.25. The average Bonchev–Trinajstić information content (AvgIpc) is 2.26. The van der Waals surface area contributed by atoms with E-state index in [0.29, 0.717) is 11.5 Å². The molecule has 2 unspecified atom stereocenters. The van der Waals surface area contributed by atoms with Crippen LogP contribution in [0.1, 0.15) is 50.4 Å². The summed E-state index contributed by atoms with van der Waals surface area (Å²) in [6.45, 7) is 6.71. The first-order valence-electron chi connectivity index (χ1n) is 6.68. The van der Waals surface area contributed by atoms with Gasteiger partial charge in [-0.2, -0.15) is 0 Å². The van der Waals surface area contributed by atoms with E-state index in [2.05, 4.69) is 41.7 Å². The van der Waals surface area contributed by atoms with E-state index in [-0.39, 0.29) is 17.5 Å². The number of halogens is 1. The standard InChI is InChI=1S/C15H20BrNO2/c1-10-6-12(8-15(2,3)7-10)19-14(18)11-4-5-13(16)17-9-11/h4-5,9-10,12H,6-8H2,1-3H3. The molecule has 1 aromatic heterocycles. The summed E-state index contributed by atoms with van der Waals surface area (Å²) in [5.41, 5.74) is 0.764. The Labute approximate surface area is 122 Å². The van der Waals surface area contributed by atoms with Crippen LogP contribution in [0.3, 0.4) is 0 Å². The summed E-state index contributed by atoms with van der Waals surface area (Å²) in [6.07, 6.45) is 4.66. The fraction of sp³-hybridized carbons (Fsp3) is 0.600. The lowest BCUT2D eigenvalue weighted by Crippen LogP contribution is -2.34. The van der Waals surface area contributed by atoms with Gasteiger partial charge in [0.15, 0.2) is 0 Å². The van der Waals surface area contributed by atoms with Crippen molar-refractivity contribution in [2.75, 3.05) is 0 Å². The summed E-state index contributed by atoms with van der Waals surface area (Å²) in [5.74, 6) is 0.333. The van der Waals surface area contributed by atoms with E-state index in [1.54, 1.807) is 18.3 Å². The van der Waals surface area contributed by atoms with E-state index in [1.807, 2.05) is 0 Å². The maximum absolute atomic E-state index is 12.1. The van der Waals surface area contributed by atoms with Crippen LogP contribution in [0.25, 0.3) is 0 Å². The van der Waals surface area contributed by atoms with Crippen molar-refractivity contribution in [3.8, 4) is 0 Å². The molecule has 0 bridgehead atoms. The highest BCUT2D eigenvalue weighted by atomic mass is 79.9. The topological polar surface area (TPSA) is 39.2 Å². The first kappa shape index (κ1) is 14.5. The molecule has 1 aliphatic rings. The number of hydrogen-bond donors (Lipinski definition) is 0. The molecule has 1 aliphatic carbocycles. The molecule has 1 heterocycles. The summed E-state index contributed by atoms with van der Waals surface area (Å²) in [6, 6.07) is 3.49. The van der Waals surface area contributed by atoms with E-state index in [0.717, 1.165) is 17.4 Å². The van der Waals surface area contributed by atoms with Gasteiger partial charge in [-0.15, -0.1) is 0 Å². The van der Waals surface area contributed by atoms with Gasteiger partial charge < -0.3 is 4.74 Å². The van der Waals surface area contributed by atoms with Crippen molar-refractivity contribution in [1.82, 2.24) is 4.98 Å². The smallest absolute Gasteiger partial charge is 0.339 e. The number of pyridine rings is 1. The first-order chi connectivity index (χ1) is 8.85. The molecule has 2 rings (SSSR count). The maximum atomic E-state index is 12.1. The highest BCUT2D eigenvalue weighted by molar-refractivity contribution is 9.10. The van der Waals surface area contributed by atoms with Crippen LogP contribution in [0.5, 0.6) is 0 Å². The van der Waals surface area contributed by atoms with Crippen molar-refractivity contribution >= 4 is 21.9 Å². The van der Waals surface area contributed by atoms with Gasteiger partial charge in [0.1, 0.15) is 10.7 Å². The molecule has 0 aliphatic heterocycles. The largest absolute Gasteiger partial charge is 0.459 e. The van der Waals surface area contributed by atoms with Crippen LogP contribution in [0.15, 0.2) is 22.9 Å². The summed E-state index contributed by atoms with van der Waals surface area (Å²) in [7, 11) is 0. The second kappa shape index (κ2) is 5.61. The van der Waals surface area contributed by atoms with Gasteiger partial charge in [0.05, 0.1) is 5.56 Å². The second-order valence-electron chi connectivity index (χ2n) is 6.31. The van der Waals surface area contributed by atoms with Crippen molar-refractivity contribution in [2.24, 2.45) is 11.3 Å². The van der Waals surface area contributed by atoms with E-state index in [4.69, 9.17) is 4.74 Å². The second-order valence-corrected chi connectivity index (χ2v) is 7.12. The Hall–Kier alpha value is -0.900. The Morgan fingerprint density at radius 2 is 2.16 bits per heavy atom. The van der Waals surface area contributed by atoms with Gasteiger partial charge in [-0.05, 0) is 58.7 Å². The number of aromatic nitrogens is 1. The molecule has 1 fully saturated rings. The lowest BCUT2D eigenvalue weighted by atomic mass is 9.71. The normalized spacial score (nSPS) is 25.9. The van der Waals surface area contributed by atoms with Crippen LogP contribution < -0.4 is 0 Å². The third-order valence-corrected chi connectivity index (χ3v) is 4.05. The van der Waals surface area contributed by atoms with Crippen LogP contribution in [-0.2, 0) is 4.74 Å². The molecule has 0 saturated heterocycles. The van der Waals surface area contributed by atoms with Crippen LogP contribution in [0.2, 0.25) is 0 Å². The highest BCUT2D eigenvalue weighted by Gasteiger charge is 2.34. The van der Waals surface area contributed by atoms with Crippen molar-refractivity contribution in [3.63, 3.8) is 0 Å². The molecule has 4 heteroatoms. The van der Waals surface area contributed by atoms with Crippen LogP contribution in [-0.4, -0.2) is 17.1 Å². The van der Waals surface area contributed by atoms with Crippen LogP contribution in [0.4, 0.5) is 0 Å². The van der Waals surface area contributed by atoms with Gasteiger partial charge in [0.2, 0.25) is 0 Å². The number of carbonyl (C=O) groups is 1. The Morgan fingerprint density at radius 1 is 1.42 bits per heavy atom. The van der Waals surface area contributed by atoms with Crippen molar-refractivity contribution < 1.29 is 9.53 Å². The van der Waals surface area contributed by atoms with E-state index in [1.165, 1.54) is 6.42 Å². The maximum Gasteiger partial charge on any atom is 0.339 e. The number of carbonyl (C=O) groups excluding carboxylic acids is 1. The van der Waals surface area contributed by atoms with Gasteiger partial charge in [0, 0.05) is 6.20 Å². The van der Waals surface area contributed by atoms with Gasteiger partial charge in [-0.1, -0.05) is 20.8 Å². The molecule has 19 heavy (non-hydrogen) atoms. The Morgan fingerprint density at radius 3 is 2.74 bits per heavy atom. The zero-order chi connectivity index (χ0) is 14.0. The van der Waals surface area contributed by atoms with Gasteiger partial charge in [0.25, 0.3) is 0 Å². The highest BCUT2D eigenvalue weighted by Crippen LogP contribution is 2.39. The quantitative estimate of drug-likeness (QED) is 0.603. The Balaban J connectivity index is 2.00. The van der Waals surface area contributed by atoms with E-state index < -0.39 is 0 Å². The van der Waals surface area contributed by atoms with Crippen LogP contribution >= 0.6 is 15.9 Å². The number of esters is 1. The van der Waals surface area contributed by atoms with Crippen molar-refractivity contribution in [2.45, 2.75) is 46.1 Å². The molecule has 1 saturated carbocycles. The van der Waals surface area contributed by atoms with E-state index in [9.17, 15) is 4.79 Å². The Bertz CT molecular complexity index is 456. The molecule has 1 aromatic rings. The number of nitrogens with zero attached hydrogens (tertiary/aromatic N) is 1. The van der Waals surface area contributed by atoms with Gasteiger partial charge in [-0.3, -0.25) is 0 Å². The molecular weight excluding hydrogens is 306 g/mol. The van der Waals surface area contributed by atoms with Crippen LogP contribution in [0, 0.1) is 11.3 Å². The van der Waals surface area contributed by atoms with Crippen molar-refractivity contribution in [3.05, 3.63) is 28.5 Å². The van der Waals surface area contributed by atoms with Gasteiger partial charge in [-0.25, -0.2) is 9.78 Å². The number of ether oxygens (including phenoxy) is 1. The fourth-order valence-corrected chi connectivity index (χ4v) is 3.30. The minimum Gasteiger partial charge on any atom is -0.459 e. The molecule has 0 aromatic carbocycles. The fourth-order valence-electron chi connectivity index (χ4n) is 3.06. The summed E-state index contributed by atoms with van der Waals surface area (Å²) < 4.78 is 6.35. The molecule has 0 radical (unpaired) electrons. The average molecular weight is 326 g/mol. The summed E-state index contributed by atoms with van der Waals surface area (Å²) in [5, 5.41) is 0. The molecule has 104 valence electrons. The zero-order valence-electron chi connectivity index (χ0n) is 11.6. The molecular formula is C15H20BrNO2. The van der Waals surface area contributed by atoms with Crippen molar-refractivity contribution in [1.29, 1.82) is 0 Å². The molecule has 2 atom stereocenters. The molecule has 0 amide bonds.